The minimum absolute atomic E-state index is 0.357. The molecular formula is C11H7F9N2O. The van der Waals surface area contributed by atoms with Crippen molar-refractivity contribution in [2.45, 2.75) is 24.6 Å². The fourth-order valence-electron chi connectivity index (χ4n) is 1.42. The molecule has 0 aliphatic rings. The molecule has 0 saturated heterocycles. The first-order valence-electron chi connectivity index (χ1n) is 5.59. The summed E-state index contributed by atoms with van der Waals surface area (Å²) in [6.07, 6.45) is -16.4. The van der Waals surface area contributed by atoms with Crippen molar-refractivity contribution >= 4 is 11.7 Å². The van der Waals surface area contributed by atoms with Crippen LogP contribution in [-0.4, -0.2) is 24.4 Å². The maximum Gasteiger partial charge on any atom is 0.417 e. The fraction of sp³-hybridized carbons (Fsp3) is 0.364. The number of rotatable bonds is 2. The van der Waals surface area contributed by atoms with Crippen LogP contribution in [0.3, 0.4) is 0 Å². The van der Waals surface area contributed by atoms with Gasteiger partial charge in [0.2, 0.25) is 6.04 Å². The van der Waals surface area contributed by atoms with Gasteiger partial charge in [-0.2, -0.15) is 39.5 Å². The number of halogens is 9. The van der Waals surface area contributed by atoms with Crippen molar-refractivity contribution < 1.29 is 44.3 Å². The number of hydrogen-bond donors (Lipinski definition) is 2. The molecule has 130 valence electrons. The summed E-state index contributed by atoms with van der Waals surface area (Å²) < 4.78 is 111. The van der Waals surface area contributed by atoms with E-state index in [1.807, 2.05) is 0 Å². The van der Waals surface area contributed by atoms with Crippen LogP contribution in [0.2, 0.25) is 0 Å². The molecule has 0 saturated carbocycles. The maximum absolute atomic E-state index is 12.4. The minimum atomic E-state index is -5.82. The van der Waals surface area contributed by atoms with Crippen molar-refractivity contribution in [3.05, 3.63) is 29.8 Å². The molecule has 0 atom stereocenters. The SMILES string of the molecule is O=C(Nc1cccc(C(F)(F)F)c1)NC(C(F)(F)F)C(F)(F)F. The predicted molar refractivity (Wildman–Crippen MR) is 59.5 cm³/mol. The van der Waals surface area contributed by atoms with Gasteiger partial charge in [0.25, 0.3) is 0 Å². The zero-order valence-electron chi connectivity index (χ0n) is 10.7. The molecule has 0 fully saturated rings. The van der Waals surface area contributed by atoms with Crippen LogP contribution in [0.25, 0.3) is 0 Å². The van der Waals surface area contributed by atoms with E-state index in [2.05, 4.69) is 0 Å². The first-order chi connectivity index (χ1) is 10.2. The lowest BCUT2D eigenvalue weighted by Crippen LogP contribution is -2.55. The van der Waals surface area contributed by atoms with Gasteiger partial charge < -0.3 is 10.6 Å². The second-order valence-corrected chi connectivity index (χ2v) is 4.19. The number of urea groups is 1. The van der Waals surface area contributed by atoms with E-state index in [4.69, 9.17) is 0 Å². The molecule has 0 spiro atoms. The summed E-state index contributed by atoms with van der Waals surface area (Å²) in [5, 5.41) is 2.10. The van der Waals surface area contributed by atoms with Crippen molar-refractivity contribution in [1.29, 1.82) is 0 Å². The third-order valence-corrected chi connectivity index (χ3v) is 2.38. The normalized spacial score (nSPS) is 13.1. The molecule has 0 heterocycles. The highest BCUT2D eigenvalue weighted by atomic mass is 19.4. The number of carbonyl (C=O) groups excluding carboxylic acids is 1. The summed E-state index contributed by atoms with van der Waals surface area (Å²) in [6, 6.07) is -3.45. The maximum atomic E-state index is 12.4. The second kappa shape index (κ2) is 6.16. The number of hydrogen-bond acceptors (Lipinski definition) is 1. The smallest absolute Gasteiger partial charge is 0.318 e. The van der Waals surface area contributed by atoms with Gasteiger partial charge in [-0.25, -0.2) is 4.79 Å². The Balaban J connectivity index is 2.88. The standard InChI is InChI=1S/C11H7F9N2O/c12-9(13,14)5-2-1-3-6(4-5)21-8(23)22-7(10(15,16)17)11(18,19)20/h1-4,7H,(H2,21,22,23). The largest absolute Gasteiger partial charge is 0.417 e. The monoisotopic (exact) mass is 354 g/mol. The van der Waals surface area contributed by atoms with E-state index in [1.54, 1.807) is 0 Å². The van der Waals surface area contributed by atoms with Gasteiger partial charge in [0, 0.05) is 5.69 Å². The number of anilines is 1. The summed E-state index contributed by atoms with van der Waals surface area (Å²) in [5.41, 5.74) is -1.86. The summed E-state index contributed by atoms with van der Waals surface area (Å²) >= 11 is 0. The van der Waals surface area contributed by atoms with Gasteiger partial charge in [-0.05, 0) is 18.2 Å². The van der Waals surface area contributed by atoms with Crippen LogP contribution < -0.4 is 10.6 Å². The molecule has 2 N–H and O–H groups in total. The molecular weight excluding hydrogens is 347 g/mol. The molecule has 0 aliphatic heterocycles. The van der Waals surface area contributed by atoms with Gasteiger partial charge in [-0.15, -0.1) is 0 Å². The summed E-state index contributed by atoms with van der Waals surface area (Å²) in [4.78, 5) is 11.2. The second-order valence-electron chi connectivity index (χ2n) is 4.19. The van der Waals surface area contributed by atoms with Gasteiger partial charge in [0.15, 0.2) is 0 Å². The van der Waals surface area contributed by atoms with Gasteiger partial charge in [-0.1, -0.05) is 6.07 Å². The quantitative estimate of drug-likeness (QED) is 0.763. The molecule has 0 unspecified atom stereocenters. The average molecular weight is 354 g/mol. The number of amides is 2. The highest BCUT2D eigenvalue weighted by molar-refractivity contribution is 5.89. The molecule has 3 nitrogen and oxygen atoms in total. The number of benzene rings is 1. The highest BCUT2D eigenvalue weighted by Crippen LogP contribution is 2.33. The first-order valence-corrected chi connectivity index (χ1v) is 5.59. The summed E-state index contributed by atoms with van der Waals surface area (Å²) in [7, 11) is 0. The van der Waals surface area contributed by atoms with Crippen molar-refractivity contribution in [3.63, 3.8) is 0 Å². The van der Waals surface area contributed by atoms with E-state index in [9.17, 15) is 44.3 Å². The van der Waals surface area contributed by atoms with E-state index in [0.717, 1.165) is 12.1 Å². The summed E-state index contributed by atoms with van der Waals surface area (Å²) in [5.74, 6) is 0. The molecule has 12 heteroatoms. The lowest BCUT2D eigenvalue weighted by Gasteiger charge is -2.24. The third kappa shape index (κ3) is 5.53. The molecule has 1 rings (SSSR count). The van der Waals surface area contributed by atoms with Crippen molar-refractivity contribution in [1.82, 2.24) is 5.32 Å². The van der Waals surface area contributed by atoms with E-state index >= 15 is 0 Å². The molecule has 0 bridgehead atoms. The van der Waals surface area contributed by atoms with E-state index in [-0.39, 0.29) is 0 Å². The average Bonchev–Trinajstić information content (AvgIpc) is 2.32. The van der Waals surface area contributed by atoms with Gasteiger partial charge in [-0.3, -0.25) is 0 Å². The van der Waals surface area contributed by atoms with Crippen molar-refractivity contribution in [2.24, 2.45) is 0 Å². The Morgan fingerprint density at radius 1 is 0.913 bits per heavy atom. The van der Waals surface area contributed by atoms with E-state index in [1.165, 1.54) is 5.32 Å². The lowest BCUT2D eigenvalue weighted by molar-refractivity contribution is -0.255. The number of carbonyl (C=O) groups is 1. The van der Waals surface area contributed by atoms with Gasteiger partial charge >= 0.3 is 24.6 Å². The van der Waals surface area contributed by atoms with Crippen molar-refractivity contribution in [2.75, 3.05) is 5.32 Å². The Bertz CT molecular complexity index is 548. The number of nitrogens with one attached hydrogen (secondary N) is 2. The third-order valence-electron chi connectivity index (χ3n) is 2.38. The van der Waals surface area contributed by atoms with Crippen molar-refractivity contribution in [3.8, 4) is 0 Å². The Hall–Kier alpha value is -2.14. The van der Waals surface area contributed by atoms with Crippen LogP contribution in [-0.2, 0) is 6.18 Å². The zero-order chi connectivity index (χ0) is 18.1. The topological polar surface area (TPSA) is 41.1 Å². The van der Waals surface area contributed by atoms with Crippen LogP contribution in [0, 0.1) is 0 Å². The van der Waals surface area contributed by atoms with E-state index in [0.29, 0.717) is 17.4 Å². The molecule has 2 amide bonds. The molecule has 1 aromatic carbocycles. The Morgan fingerprint density at radius 2 is 1.43 bits per heavy atom. The zero-order valence-corrected chi connectivity index (χ0v) is 10.7. The van der Waals surface area contributed by atoms with Crippen LogP contribution in [0.5, 0.6) is 0 Å². The fourth-order valence-corrected chi connectivity index (χ4v) is 1.42. The van der Waals surface area contributed by atoms with Crippen LogP contribution in [0.4, 0.5) is 50.0 Å². The predicted octanol–water partition coefficient (Wildman–Crippen LogP) is 4.32. The van der Waals surface area contributed by atoms with E-state index < -0.39 is 41.9 Å². The Kier molecular flexibility index (Phi) is 5.07. The molecule has 23 heavy (non-hydrogen) atoms. The Labute approximate surface area is 122 Å². The van der Waals surface area contributed by atoms with Crippen LogP contribution >= 0.6 is 0 Å². The number of alkyl halides is 9. The summed E-state index contributed by atoms with van der Waals surface area (Å²) in [6.45, 7) is 0. The highest BCUT2D eigenvalue weighted by Gasteiger charge is 2.57. The molecule has 0 aromatic heterocycles. The molecule has 0 radical (unpaired) electrons. The molecule has 0 aliphatic carbocycles. The van der Waals surface area contributed by atoms with Gasteiger partial charge in [0.1, 0.15) is 0 Å². The first kappa shape index (κ1) is 18.9. The lowest BCUT2D eigenvalue weighted by atomic mass is 10.2. The van der Waals surface area contributed by atoms with Gasteiger partial charge in [0.05, 0.1) is 5.56 Å². The van der Waals surface area contributed by atoms with Crippen LogP contribution in [0.15, 0.2) is 24.3 Å². The van der Waals surface area contributed by atoms with Crippen LogP contribution in [0.1, 0.15) is 5.56 Å². The minimum Gasteiger partial charge on any atom is -0.318 e. The molecule has 1 aromatic rings. The Morgan fingerprint density at radius 3 is 1.87 bits per heavy atom.